The van der Waals surface area contributed by atoms with Crippen LogP contribution in [-0.4, -0.2) is 62.4 Å². The summed E-state index contributed by atoms with van der Waals surface area (Å²) in [5, 5.41) is 2.83. The van der Waals surface area contributed by atoms with Gasteiger partial charge in [0.1, 0.15) is 23.5 Å². The van der Waals surface area contributed by atoms with Gasteiger partial charge in [0.25, 0.3) is 0 Å². The lowest BCUT2D eigenvalue weighted by atomic mass is 10.1. The van der Waals surface area contributed by atoms with Crippen molar-refractivity contribution in [1.29, 1.82) is 0 Å². The molecule has 0 aliphatic carbocycles. The normalized spacial score (nSPS) is 17.5. The second kappa shape index (κ2) is 13.5. The van der Waals surface area contributed by atoms with Gasteiger partial charge < -0.3 is 15.1 Å². The summed E-state index contributed by atoms with van der Waals surface area (Å²) in [5.41, 5.74) is 1.13. The highest BCUT2D eigenvalue weighted by atomic mass is 32.2. The summed E-state index contributed by atoms with van der Waals surface area (Å²) in [7, 11) is -4.06. The number of alkyl halides is 3. The molecular formula is C34H32F5N5O3S. The van der Waals surface area contributed by atoms with E-state index < -0.39 is 39.5 Å². The first-order valence-corrected chi connectivity index (χ1v) is 16.8. The van der Waals surface area contributed by atoms with E-state index in [1.165, 1.54) is 18.2 Å². The number of nitrogens with one attached hydrogen (secondary N) is 1. The number of hydrogen-bond acceptors (Lipinski definition) is 6. The Labute approximate surface area is 274 Å². The molecule has 1 aromatic heterocycles. The van der Waals surface area contributed by atoms with Crippen molar-refractivity contribution >= 4 is 27.4 Å². The fourth-order valence-electron chi connectivity index (χ4n) is 6.04. The number of piperazine rings is 1. The first-order chi connectivity index (χ1) is 22.9. The molecule has 0 spiro atoms. The Hall–Kier alpha value is -4.56. The van der Waals surface area contributed by atoms with Crippen LogP contribution in [0.4, 0.5) is 33.5 Å². The Morgan fingerprint density at radius 1 is 0.854 bits per heavy atom. The van der Waals surface area contributed by atoms with Crippen LogP contribution in [0, 0.1) is 11.6 Å². The van der Waals surface area contributed by atoms with Gasteiger partial charge in [0, 0.05) is 44.8 Å². The Balaban J connectivity index is 1.22. The molecule has 0 radical (unpaired) electrons. The van der Waals surface area contributed by atoms with Crippen LogP contribution in [-0.2, 0) is 27.5 Å². The molecule has 3 heterocycles. The van der Waals surface area contributed by atoms with E-state index in [1.807, 2.05) is 9.80 Å². The molecule has 0 saturated carbocycles. The molecule has 2 aliphatic heterocycles. The van der Waals surface area contributed by atoms with E-state index in [2.05, 4.69) is 5.32 Å². The summed E-state index contributed by atoms with van der Waals surface area (Å²) in [6, 6.07) is 18.0. The van der Waals surface area contributed by atoms with E-state index in [0.29, 0.717) is 67.3 Å². The highest BCUT2D eigenvalue weighted by Crippen LogP contribution is 2.32. The number of anilines is 2. The van der Waals surface area contributed by atoms with Crippen LogP contribution in [0.5, 0.6) is 0 Å². The molecule has 48 heavy (non-hydrogen) atoms. The molecule has 1 unspecified atom stereocenters. The third-order valence-electron chi connectivity index (χ3n) is 8.57. The minimum Gasteiger partial charge on any atom is -0.366 e. The van der Waals surface area contributed by atoms with Gasteiger partial charge in [-0.2, -0.15) is 17.5 Å². The first kappa shape index (κ1) is 33.3. The molecule has 0 bridgehead atoms. The number of carbonyl (C=O) groups excluding carboxylic acids is 1. The van der Waals surface area contributed by atoms with Gasteiger partial charge in [-0.15, -0.1) is 0 Å². The van der Waals surface area contributed by atoms with Crippen LogP contribution in [0.25, 0.3) is 11.3 Å². The fraction of sp³-hybridized carbons (Fsp3) is 0.294. The Bertz CT molecular complexity index is 1880. The lowest BCUT2D eigenvalue weighted by molar-refractivity contribution is -0.137. The maximum absolute atomic E-state index is 14.4. The number of sulfonamides is 1. The van der Waals surface area contributed by atoms with E-state index >= 15 is 0 Å². The standard InChI is InChI=1S/C34H32F5N5O3S/c35-26-11-13-27(14-12-26)48(46,47)44-15-3-6-31(44)33(45)40-22-23-20-29(24-7-9-25(10-8-24)34(37,38)39)41-32(21-23)43-18-16-42(17-19-43)30-5-2-1-4-28(30)36/h1-2,4-5,7-14,20-21,31H,3,6,15-19,22H2,(H,40,45). The zero-order chi connectivity index (χ0) is 34.1. The molecule has 2 aliphatic rings. The van der Waals surface area contributed by atoms with Gasteiger partial charge in [0.15, 0.2) is 0 Å². The summed E-state index contributed by atoms with van der Waals surface area (Å²) in [6.07, 6.45) is -3.73. The number of amides is 1. The van der Waals surface area contributed by atoms with Crippen LogP contribution < -0.4 is 15.1 Å². The monoisotopic (exact) mass is 685 g/mol. The summed E-state index contributed by atoms with van der Waals surface area (Å²) < 4.78 is 95.3. The van der Waals surface area contributed by atoms with E-state index in [1.54, 1.807) is 30.3 Å². The van der Waals surface area contributed by atoms with E-state index in [0.717, 1.165) is 40.7 Å². The van der Waals surface area contributed by atoms with E-state index in [-0.39, 0.29) is 23.8 Å². The number of aromatic nitrogens is 1. The number of hydrogen-bond donors (Lipinski definition) is 1. The quantitative estimate of drug-likeness (QED) is 0.235. The molecule has 1 amide bonds. The molecule has 6 rings (SSSR count). The van der Waals surface area contributed by atoms with Crippen LogP contribution >= 0.6 is 0 Å². The van der Waals surface area contributed by atoms with Crippen LogP contribution in [0.3, 0.4) is 0 Å². The molecule has 14 heteroatoms. The van der Waals surface area contributed by atoms with Crippen molar-refractivity contribution in [2.45, 2.75) is 36.5 Å². The molecule has 8 nitrogen and oxygen atoms in total. The van der Waals surface area contributed by atoms with E-state index in [4.69, 9.17) is 4.98 Å². The SMILES string of the molecule is O=C(NCc1cc(-c2ccc(C(F)(F)F)cc2)nc(N2CCN(c3ccccc3F)CC2)c1)C1CCCN1S(=O)(=O)c1ccc(F)cc1. The predicted octanol–water partition coefficient (Wildman–Crippen LogP) is 5.84. The topological polar surface area (TPSA) is 85.8 Å². The van der Waals surface area contributed by atoms with Crippen molar-refractivity contribution in [2.75, 3.05) is 42.5 Å². The molecule has 1 N–H and O–H groups in total. The minimum absolute atomic E-state index is 0.00187. The van der Waals surface area contributed by atoms with Gasteiger partial charge in [-0.05, 0) is 79.1 Å². The van der Waals surface area contributed by atoms with Gasteiger partial charge in [-0.1, -0.05) is 24.3 Å². The number of halogens is 5. The average Bonchev–Trinajstić information content (AvgIpc) is 3.59. The van der Waals surface area contributed by atoms with Gasteiger partial charge in [0.2, 0.25) is 15.9 Å². The number of benzene rings is 3. The lowest BCUT2D eigenvalue weighted by Gasteiger charge is -2.37. The number of carbonyl (C=O) groups is 1. The van der Waals surface area contributed by atoms with Crippen molar-refractivity contribution in [2.24, 2.45) is 0 Å². The Kier molecular flexibility index (Phi) is 9.39. The number of nitrogens with zero attached hydrogens (tertiary/aromatic N) is 4. The molecule has 2 fully saturated rings. The Morgan fingerprint density at radius 2 is 1.52 bits per heavy atom. The molecular weight excluding hydrogens is 653 g/mol. The smallest absolute Gasteiger partial charge is 0.366 e. The van der Waals surface area contributed by atoms with Crippen molar-refractivity contribution < 1.29 is 35.2 Å². The van der Waals surface area contributed by atoms with Crippen molar-refractivity contribution in [3.8, 4) is 11.3 Å². The largest absolute Gasteiger partial charge is 0.416 e. The lowest BCUT2D eigenvalue weighted by Crippen LogP contribution is -2.47. The second-order valence-electron chi connectivity index (χ2n) is 11.7. The first-order valence-electron chi connectivity index (χ1n) is 15.4. The summed E-state index contributed by atoms with van der Waals surface area (Å²) in [4.78, 5) is 21.9. The van der Waals surface area contributed by atoms with Crippen molar-refractivity contribution in [1.82, 2.24) is 14.6 Å². The summed E-state index contributed by atoms with van der Waals surface area (Å²) in [6.45, 7) is 2.11. The number of para-hydroxylation sites is 1. The van der Waals surface area contributed by atoms with Gasteiger partial charge in [-0.3, -0.25) is 4.79 Å². The van der Waals surface area contributed by atoms with E-state index in [9.17, 15) is 35.2 Å². The summed E-state index contributed by atoms with van der Waals surface area (Å²) >= 11 is 0. The molecule has 252 valence electrons. The number of rotatable bonds is 8. The molecule has 3 aromatic carbocycles. The average molecular weight is 686 g/mol. The highest BCUT2D eigenvalue weighted by Gasteiger charge is 2.39. The van der Waals surface area contributed by atoms with Crippen LogP contribution in [0.15, 0.2) is 89.8 Å². The molecule has 4 aromatic rings. The van der Waals surface area contributed by atoms with Gasteiger partial charge in [0.05, 0.1) is 21.8 Å². The fourth-order valence-corrected chi connectivity index (χ4v) is 7.69. The van der Waals surface area contributed by atoms with Crippen LogP contribution in [0.2, 0.25) is 0 Å². The maximum atomic E-state index is 14.4. The van der Waals surface area contributed by atoms with Crippen molar-refractivity contribution in [3.63, 3.8) is 0 Å². The third-order valence-corrected chi connectivity index (χ3v) is 10.5. The summed E-state index contributed by atoms with van der Waals surface area (Å²) in [5.74, 6) is -0.876. The van der Waals surface area contributed by atoms with Gasteiger partial charge in [-0.25, -0.2) is 22.2 Å². The molecule has 1 atom stereocenters. The highest BCUT2D eigenvalue weighted by molar-refractivity contribution is 7.89. The number of pyridine rings is 1. The zero-order valence-corrected chi connectivity index (χ0v) is 26.4. The third kappa shape index (κ3) is 7.14. The Morgan fingerprint density at radius 3 is 2.19 bits per heavy atom. The van der Waals surface area contributed by atoms with Crippen molar-refractivity contribution in [3.05, 3.63) is 108 Å². The minimum atomic E-state index is -4.50. The second-order valence-corrected chi connectivity index (χ2v) is 13.6. The molecule has 2 saturated heterocycles. The maximum Gasteiger partial charge on any atom is 0.416 e. The van der Waals surface area contributed by atoms with Crippen LogP contribution in [0.1, 0.15) is 24.0 Å². The predicted molar refractivity (Wildman–Crippen MR) is 171 cm³/mol. The zero-order valence-electron chi connectivity index (χ0n) is 25.6. The van der Waals surface area contributed by atoms with Gasteiger partial charge >= 0.3 is 6.18 Å².